The molecule has 1 aliphatic carbocycles. The third kappa shape index (κ3) is 2.10. The second-order valence-electron chi connectivity index (χ2n) is 8.24. The minimum absolute atomic E-state index is 0.221. The molecule has 2 aromatic heterocycles. The first-order chi connectivity index (χ1) is 11.5. The highest BCUT2D eigenvalue weighted by Crippen LogP contribution is 2.53. The quantitative estimate of drug-likeness (QED) is 0.826. The molecule has 4 heterocycles. The molecular weight excluding hydrogens is 304 g/mol. The van der Waals surface area contributed by atoms with Crippen molar-refractivity contribution in [2.75, 3.05) is 31.1 Å². The molecule has 0 aromatic carbocycles. The van der Waals surface area contributed by atoms with Crippen LogP contribution in [0, 0.1) is 23.2 Å². The van der Waals surface area contributed by atoms with E-state index in [1.165, 1.54) is 0 Å². The van der Waals surface area contributed by atoms with E-state index in [0.29, 0.717) is 17.7 Å². The van der Waals surface area contributed by atoms with Gasteiger partial charge in [-0.1, -0.05) is 13.8 Å². The number of nitrogens with zero attached hydrogens (tertiary/aromatic N) is 6. The third-order valence-electron chi connectivity index (χ3n) is 6.08. The molecule has 1 saturated carbocycles. The fourth-order valence-corrected chi connectivity index (χ4v) is 4.36. The van der Waals surface area contributed by atoms with Crippen LogP contribution in [0.5, 0.6) is 0 Å². The Balaban J connectivity index is 1.27. The molecule has 2 saturated heterocycles. The van der Waals surface area contributed by atoms with Gasteiger partial charge in [0.1, 0.15) is 12.1 Å². The predicted molar refractivity (Wildman–Crippen MR) is 88.4 cm³/mol. The molecular formula is C17H22N6O. The third-order valence-corrected chi connectivity index (χ3v) is 6.08. The zero-order valence-corrected chi connectivity index (χ0v) is 14.1. The summed E-state index contributed by atoms with van der Waals surface area (Å²) in [4.78, 5) is 17.1. The standard InChI is InChI=1S/C17H22N6O/c1-17(2)5-13(17)16(24)22-8-11-6-21(7-12(11)9-22)15-4-3-14-19-18-10-23(14)20-15/h3-4,10-13H,5-9H2,1-2H3. The monoisotopic (exact) mass is 326 g/mol. The number of fused-ring (bicyclic) bond motifs is 2. The topological polar surface area (TPSA) is 66.6 Å². The van der Waals surface area contributed by atoms with E-state index in [1.807, 2.05) is 12.1 Å². The second kappa shape index (κ2) is 4.68. The molecule has 0 radical (unpaired) electrons. The zero-order valence-electron chi connectivity index (χ0n) is 14.1. The molecule has 5 rings (SSSR count). The van der Waals surface area contributed by atoms with Gasteiger partial charge in [0.25, 0.3) is 0 Å². The molecule has 3 atom stereocenters. The van der Waals surface area contributed by atoms with Crippen LogP contribution < -0.4 is 4.90 Å². The van der Waals surface area contributed by atoms with Gasteiger partial charge in [0.05, 0.1) is 0 Å². The first kappa shape index (κ1) is 14.2. The first-order valence-electron chi connectivity index (χ1n) is 8.72. The summed E-state index contributed by atoms with van der Waals surface area (Å²) in [5, 5.41) is 12.5. The lowest BCUT2D eigenvalue weighted by molar-refractivity contribution is -0.132. The van der Waals surface area contributed by atoms with Crippen molar-refractivity contribution in [1.29, 1.82) is 0 Å². The Morgan fingerprint density at radius 2 is 1.88 bits per heavy atom. The maximum absolute atomic E-state index is 12.6. The summed E-state index contributed by atoms with van der Waals surface area (Å²) in [6.07, 6.45) is 2.68. The van der Waals surface area contributed by atoms with E-state index in [4.69, 9.17) is 0 Å². The number of likely N-dealkylation sites (tertiary alicyclic amines) is 1. The van der Waals surface area contributed by atoms with Crippen LogP contribution in [0.4, 0.5) is 5.82 Å². The van der Waals surface area contributed by atoms with E-state index in [-0.39, 0.29) is 11.3 Å². The minimum Gasteiger partial charge on any atom is -0.354 e. The molecule has 0 N–H and O–H groups in total. The van der Waals surface area contributed by atoms with Gasteiger partial charge in [-0.2, -0.15) is 4.52 Å². The molecule has 3 fully saturated rings. The Hall–Kier alpha value is -2.18. The normalized spacial score (nSPS) is 30.8. The highest BCUT2D eigenvalue weighted by molar-refractivity contribution is 5.82. The lowest BCUT2D eigenvalue weighted by atomic mass is 10.0. The lowest BCUT2D eigenvalue weighted by Crippen LogP contribution is -2.35. The number of hydrogen-bond donors (Lipinski definition) is 0. The van der Waals surface area contributed by atoms with Gasteiger partial charge in [0.15, 0.2) is 5.65 Å². The Kier molecular flexibility index (Phi) is 2.76. The van der Waals surface area contributed by atoms with Crippen LogP contribution in [0.2, 0.25) is 0 Å². The number of aromatic nitrogens is 4. The van der Waals surface area contributed by atoms with Gasteiger partial charge in [-0.3, -0.25) is 4.79 Å². The van der Waals surface area contributed by atoms with Crippen molar-refractivity contribution in [2.45, 2.75) is 20.3 Å². The van der Waals surface area contributed by atoms with E-state index in [1.54, 1.807) is 10.8 Å². The summed E-state index contributed by atoms with van der Waals surface area (Å²) in [6.45, 7) is 8.15. The molecule has 0 bridgehead atoms. The summed E-state index contributed by atoms with van der Waals surface area (Å²) in [6, 6.07) is 3.97. The highest BCUT2D eigenvalue weighted by atomic mass is 16.2. The van der Waals surface area contributed by atoms with E-state index in [2.05, 4.69) is 38.9 Å². The fraction of sp³-hybridized carbons (Fsp3) is 0.647. The van der Waals surface area contributed by atoms with Crippen molar-refractivity contribution in [3.05, 3.63) is 18.5 Å². The van der Waals surface area contributed by atoms with Crippen LogP contribution in [0.3, 0.4) is 0 Å². The first-order valence-corrected chi connectivity index (χ1v) is 8.72. The number of anilines is 1. The van der Waals surface area contributed by atoms with Crippen LogP contribution in [0.25, 0.3) is 5.65 Å². The van der Waals surface area contributed by atoms with Crippen LogP contribution in [-0.4, -0.2) is 56.8 Å². The van der Waals surface area contributed by atoms with Crippen molar-refractivity contribution in [2.24, 2.45) is 23.2 Å². The van der Waals surface area contributed by atoms with E-state index in [9.17, 15) is 4.79 Å². The summed E-state index contributed by atoms with van der Waals surface area (Å²) in [5.41, 5.74) is 0.987. The number of rotatable bonds is 2. The van der Waals surface area contributed by atoms with Crippen LogP contribution in [-0.2, 0) is 4.79 Å². The fourth-order valence-electron chi connectivity index (χ4n) is 4.36. The SMILES string of the molecule is CC1(C)CC1C(=O)N1CC2CN(c3ccc4nncn4n3)CC2C1. The molecule has 0 spiro atoms. The number of hydrogen-bond acceptors (Lipinski definition) is 5. The average molecular weight is 326 g/mol. The summed E-state index contributed by atoms with van der Waals surface area (Å²) in [7, 11) is 0. The molecule has 7 heteroatoms. The Morgan fingerprint density at radius 3 is 2.54 bits per heavy atom. The molecule has 126 valence electrons. The van der Waals surface area contributed by atoms with Crippen LogP contribution in [0.1, 0.15) is 20.3 Å². The maximum Gasteiger partial charge on any atom is 0.226 e. The van der Waals surface area contributed by atoms with Crippen LogP contribution in [0.15, 0.2) is 18.5 Å². The highest BCUT2D eigenvalue weighted by Gasteiger charge is 2.54. The van der Waals surface area contributed by atoms with Crippen molar-refractivity contribution < 1.29 is 4.79 Å². The van der Waals surface area contributed by atoms with Crippen molar-refractivity contribution >= 4 is 17.4 Å². The summed E-state index contributed by atoms with van der Waals surface area (Å²) in [5.74, 6) is 2.73. The largest absolute Gasteiger partial charge is 0.354 e. The van der Waals surface area contributed by atoms with E-state index in [0.717, 1.165) is 44.1 Å². The zero-order chi connectivity index (χ0) is 16.5. The van der Waals surface area contributed by atoms with E-state index >= 15 is 0 Å². The minimum atomic E-state index is 0.221. The molecule has 1 amide bonds. The molecule has 3 unspecified atom stereocenters. The predicted octanol–water partition coefficient (Wildman–Crippen LogP) is 1.06. The molecule has 2 aromatic rings. The molecule has 2 aliphatic heterocycles. The van der Waals surface area contributed by atoms with E-state index < -0.39 is 0 Å². The van der Waals surface area contributed by atoms with Gasteiger partial charge in [-0.15, -0.1) is 15.3 Å². The van der Waals surface area contributed by atoms with Crippen molar-refractivity contribution in [1.82, 2.24) is 24.7 Å². The number of carbonyl (C=O) groups excluding carboxylic acids is 1. The average Bonchev–Trinajstić information content (AvgIpc) is 3.00. The van der Waals surface area contributed by atoms with Gasteiger partial charge >= 0.3 is 0 Å². The summed E-state index contributed by atoms with van der Waals surface area (Å²) >= 11 is 0. The lowest BCUT2D eigenvalue weighted by Gasteiger charge is -2.23. The maximum atomic E-state index is 12.6. The Morgan fingerprint density at radius 1 is 1.17 bits per heavy atom. The van der Waals surface area contributed by atoms with Crippen LogP contribution >= 0.6 is 0 Å². The Labute approximate surface area is 140 Å². The smallest absolute Gasteiger partial charge is 0.226 e. The summed E-state index contributed by atoms with van der Waals surface area (Å²) < 4.78 is 1.72. The Bertz CT molecular complexity index is 800. The molecule has 24 heavy (non-hydrogen) atoms. The second-order valence-corrected chi connectivity index (χ2v) is 8.24. The molecule has 7 nitrogen and oxygen atoms in total. The molecule has 3 aliphatic rings. The van der Waals surface area contributed by atoms with Gasteiger partial charge in [-0.05, 0) is 24.0 Å². The van der Waals surface area contributed by atoms with Gasteiger partial charge in [-0.25, -0.2) is 0 Å². The number of carbonyl (C=O) groups is 1. The number of amides is 1. The van der Waals surface area contributed by atoms with Crippen molar-refractivity contribution in [3.63, 3.8) is 0 Å². The van der Waals surface area contributed by atoms with Gasteiger partial charge < -0.3 is 9.80 Å². The van der Waals surface area contributed by atoms with Gasteiger partial charge in [0, 0.05) is 43.9 Å². The van der Waals surface area contributed by atoms with Crippen molar-refractivity contribution in [3.8, 4) is 0 Å². The van der Waals surface area contributed by atoms with Gasteiger partial charge in [0.2, 0.25) is 5.91 Å².